The summed E-state index contributed by atoms with van der Waals surface area (Å²) in [6.07, 6.45) is 9.88. The van der Waals surface area contributed by atoms with Gasteiger partial charge in [0.05, 0.1) is 41.1 Å². The van der Waals surface area contributed by atoms with Crippen LogP contribution in [-0.4, -0.2) is 68.3 Å². The molecule has 4 aromatic rings. The fourth-order valence-electron chi connectivity index (χ4n) is 5.14. The first kappa shape index (κ1) is 30.8. The molecule has 0 bridgehead atoms. The predicted molar refractivity (Wildman–Crippen MR) is 167 cm³/mol. The minimum absolute atomic E-state index is 0.204. The second-order valence-electron chi connectivity index (χ2n) is 10.5. The van der Waals surface area contributed by atoms with Crippen LogP contribution in [0.3, 0.4) is 0 Å². The molecule has 2 amide bonds. The number of benzene rings is 1. The van der Waals surface area contributed by atoms with Gasteiger partial charge in [0.15, 0.2) is 0 Å². The number of aliphatic hydroxyl groups excluding tert-OH is 1. The van der Waals surface area contributed by atoms with Crippen LogP contribution in [0.5, 0.6) is 0 Å². The van der Waals surface area contributed by atoms with Crippen LogP contribution in [0, 0.1) is 12.9 Å². The van der Waals surface area contributed by atoms with Crippen LogP contribution in [0.4, 0.5) is 15.0 Å². The summed E-state index contributed by atoms with van der Waals surface area (Å²) in [5.41, 5.74) is 3.44. The molecule has 3 heterocycles. The van der Waals surface area contributed by atoms with Gasteiger partial charge in [-0.15, -0.1) is 0 Å². The normalized spacial score (nSPS) is 14.2. The number of amides is 2. The average molecular weight is 601 g/mol. The Balaban J connectivity index is 1.47. The number of hydrogen-bond donors (Lipinski definition) is 4. The van der Waals surface area contributed by atoms with E-state index in [9.17, 15) is 14.3 Å². The molecule has 0 saturated carbocycles. The molecule has 4 N–H and O–H groups in total. The lowest BCUT2D eigenvalue weighted by molar-refractivity contribution is 0.127. The van der Waals surface area contributed by atoms with Crippen molar-refractivity contribution in [1.82, 2.24) is 34.9 Å². The first-order valence-electron chi connectivity index (χ1n) is 14.5. The van der Waals surface area contributed by atoms with Crippen LogP contribution in [-0.2, 0) is 11.8 Å². The van der Waals surface area contributed by atoms with Gasteiger partial charge in [0, 0.05) is 44.6 Å². The highest BCUT2D eigenvalue weighted by atomic mass is 19.1. The van der Waals surface area contributed by atoms with Gasteiger partial charge in [-0.05, 0) is 55.7 Å². The number of urea groups is 1. The predicted octanol–water partition coefficient (Wildman–Crippen LogP) is 2.35. The van der Waals surface area contributed by atoms with Crippen LogP contribution < -0.4 is 26.6 Å². The number of para-hydroxylation sites is 1. The Morgan fingerprint density at radius 1 is 1.16 bits per heavy atom. The number of fused-ring (bicyclic) bond motifs is 1. The number of rotatable bonds is 11. The maximum atomic E-state index is 13.9. The summed E-state index contributed by atoms with van der Waals surface area (Å²) in [6, 6.07) is 10.8. The van der Waals surface area contributed by atoms with E-state index < -0.39 is 24.1 Å². The van der Waals surface area contributed by atoms with E-state index in [4.69, 9.17) is 9.84 Å². The van der Waals surface area contributed by atoms with E-state index in [1.807, 2.05) is 54.9 Å². The van der Waals surface area contributed by atoms with Gasteiger partial charge < -0.3 is 25.0 Å². The lowest BCUT2D eigenvalue weighted by atomic mass is 10.0. The van der Waals surface area contributed by atoms with Gasteiger partial charge in [-0.1, -0.05) is 30.4 Å². The van der Waals surface area contributed by atoms with Crippen LogP contribution >= 0.6 is 0 Å². The monoisotopic (exact) mass is 600 g/mol. The molecule has 0 fully saturated rings. The van der Waals surface area contributed by atoms with Crippen LogP contribution in [0.1, 0.15) is 35.8 Å². The Kier molecular flexibility index (Phi) is 9.95. The van der Waals surface area contributed by atoms with E-state index >= 15 is 0 Å². The van der Waals surface area contributed by atoms with Crippen molar-refractivity contribution in [3.8, 4) is 5.69 Å². The molecular formula is C32H37FN8O3. The summed E-state index contributed by atoms with van der Waals surface area (Å²) in [7, 11) is 3.56. The molecule has 0 radical (unpaired) electrons. The third-order valence-corrected chi connectivity index (χ3v) is 7.44. The van der Waals surface area contributed by atoms with Crippen molar-refractivity contribution in [2.45, 2.75) is 31.9 Å². The van der Waals surface area contributed by atoms with Crippen molar-refractivity contribution in [2.75, 3.05) is 32.1 Å². The Morgan fingerprint density at radius 3 is 2.73 bits per heavy atom. The largest absolute Gasteiger partial charge is 0.386 e. The minimum Gasteiger partial charge on any atom is -0.386 e. The number of carbonyl (C=O) groups excluding carboxylic acids is 1. The van der Waals surface area contributed by atoms with Crippen molar-refractivity contribution in [3.63, 3.8) is 0 Å². The average Bonchev–Trinajstić information content (AvgIpc) is 3.52. The fraction of sp³-hybridized carbons (Fsp3) is 0.312. The van der Waals surface area contributed by atoms with Gasteiger partial charge in [0.2, 0.25) is 5.95 Å². The number of anilines is 1. The third-order valence-electron chi connectivity index (χ3n) is 7.44. The molecule has 12 heteroatoms. The molecule has 1 aliphatic rings. The molecule has 5 rings (SSSR count). The number of aryl methyl sites for hydroxylation is 1. The standard InChI is InChI=1S/C32H37FN8O3/c1-21-29(22-9-7-8-12-27-25(17-22)36-20-40(27)2)39-41(24-10-5-4-6-11-24)31(21)38-32(43)37-26(19-34-15-16-44-3)30(42)23-13-14-35-28(33)18-23/h4-6,9-14,17-18,20,26,30,34,42H,7-8,15-16,19H2,1-3H3,(H2,37,38,43)/t26-,30+/m1/s1. The minimum atomic E-state index is -1.21. The lowest BCUT2D eigenvalue weighted by Crippen LogP contribution is -2.48. The summed E-state index contributed by atoms with van der Waals surface area (Å²) < 4.78 is 22.6. The van der Waals surface area contributed by atoms with E-state index in [1.165, 1.54) is 12.3 Å². The van der Waals surface area contributed by atoms with Crippen molar-refractivity contribution < 1.29 is 19.0 Å². The molecular weight excluding hydrogens is 563 g/mol. The van der Waals surface area contributed by atoms with Gasteiger partial charge in [0.25, 0.3) is 0 Å². The smallest absolute Gasteiger partial charge is 0.320 e. The molecule has 11 nitrogen and oxygen atoms in total. The molecule has 1 aromatic carbocycles. The van der Waals surface area contributed by atoms with Crippen molar-refractivity contribution in [2.24, 2.45) is 7.05 Å². The molecule has 0 spiro atoms. The Hall–Kier alpha value is -4.65. The lowest BCUT2D eigenvalue weighted by Gasteiger charge is -2.25. The van der Waals surface area contributed by atoms with E-state index in [0.717, 1.165) is 46.4 Å². The first-order chi connectivity index (χ1) is 21.4. The van der Waals surface area contributed by atoms with E-state index in [1.54, 1.807) is 18.1 Å². The summed E-state index contributed by atoms with van der Waals surface area (Å²) in [5.74, 6) is -0.244. The number of aromatic nitrogens is 5. The van der Waals surface area contributed by atoms with Crippen molar-refractivity contribution >= 4 is 29.6 Å². The number of hydrogen-bond acceptors (Lipinski definition) is 7. The van der Waals surface area contributed by atoms with Crippen LogP contribution in [0.2, 0.25) is 0 Å². The highest BCUT2D eigenvalue weighted by molar-refractivity contribution is 5.93. The number of imidazole rings is 1. The van der Waals surface area contributed by atoms with Crippen LogP contribution in [0.25, 0.3) is 23.4 Å². The number of methoxy groups -OCH3 is 1. The maximum absolute atomic E-state index is 13.9. The first-order valence-corrected chi connectivity index (χ1v) is 14.5. The summed E-state index contributed by atoms with van der Waals surface area (Å²) >= 11 is 0. The Bertz CT molecular complexity index is 1750. The summed E-state index contributed by atoms with van der Waals surface area (Å²) in [4.78, 5) is 21.7. The van der Waals surface area contributed by atoms with Gasteiger partial charge in [0.1, 0.15) is 11.9 Å². The van der Waals surface area contributed by atoms with Gasteiger partial charge >= 0.3 is 6.03 Å². The van der Waals surface area contributed by atoms with Gasteiger partial charge in [-0.2, -0.15) is 9.49 Å². The molecule has 0 unspecified atom stereocenters. The number of ether oxygens (including phenoxy) is 1. The van der Waals surface area contributed by atoms with Gasteiger partial charge in [-0.3, -0.25) is 5.32 Å². The number of halogens is 1. The van der Waals surface area contributed by atoms with E-state index in [-0.39, 0.29) is 6.54 Å². The van der Waals surface area contributed by atoms with E-state index in [0.29, 0.717) is 30.2 Å². The van der Waals surface area contributed by atoms with Crippen molar-refractivity contribution in [1.29, 1.82) is 0 Å². The zero-order chi connectivity index (χ0) is 31.1. The highest BCUT2D eigenvalue weighted by Gasteiger charge is 2.26. The zero-order valence-corrected chi connectivity index (χ0v) is 25.0. The van der Waals surface area contributed by atoms with Gasteiger partial charge in [-0.25, -0.2) is 19.4 Å². The highest BCUT2D eigenvalue weighted by Crippen LogP contribution is 2.29. The number of pyridine rings is 1. The molecule has 44 heavy (non-hydrogen) atoms. The Morgan fingerprint density at radius 2 is 1.95 bits per heavy atom. The summed E-state index contributed by atoms with van der Waals surface area (Å²) in [5, 5.41) is 27.0. The molecule has 2 atom stereocenters. The quantitative estimate of drug-likeness (QED) is 0.154. The number of nitrogens with one attached hydrogen (secondary N) is 3. The number of aliphatic hydroxyl groups is 1. The zero-order valence-electron chi connectivity index (χ0n) is 25.0. The topological polar surface area (TPSA) is 131 Å². The molecule has 3 aromatic heterocycles. The number of allylic oxidation sites excluding steroid dienone is 2. The second-order valence-corrected chi connectivity index (χ2v) is 10.5. The molecule has 1 aliphatic carbocycles. The third kappa shape index (κ3) is 7.10. The summed E-state index contributed by atoms with van der Waals surface area (Å²) in [6.45, 7) is 3.06. The molecule has 0 aliphatic heterocycles. The fourth-order valence-corrected chi connectivity index (χ4v) is 5.14. The maximum Gasteiger partial charge on any atom is 0.320 e. The SMILES string of the molecule is COCCNC[C@@H](NC(=O)Nc1c(C)c(C2=CCCC=c3c(ncn3C)=C2)nn1-c1ccccc1)[C@@H](O)c1ccnc(F)c1. The molecule has 230 valence electrons. The number of carbonyl (C=O) groups is 1. The van der Waals surface area contributed by atoms with Crippen LogP contribution in [0.15, 0.2) is 61.1 Å². The van der Waals surface area contributed by atoms with E-state index in [2.05, 4.69) is 38.1 Å². The molecule has 0 saturated heterocycles. The number of nitrogens with zero attached hydrogens (tertiary/aromatic N) is 5. The second kappa shape index (κ2) is 14.2. The Labute approximate surface area is 254 Å². The van der Waals surface area contributed by atoms with Crippen molar-refractivity contribution in [3.05, 3.63) is 94.5 Å².